The van der Waals surface area contributed by atoms with Crippen molar-refractivity contribution in [1.82, 2.24) is 4.90 Å². The molecule has 1 atom stereocenters. The Kier molecular flexibility index (Phi) is 4.17. The minimum absolute atomic E-state index is 0.226. The molecule has 0 aromatic carbocycles. The van der Waals surface area contributed by atoms with Crippen molar-refractivity contribution in [2.24, 2.45) is 17.3 Å². The molecule has 2 aliphatic rings. The smallest absolute Gasteiger partial charge is 0.226 e. The number of nitrogens with zero attached hydrogens (tertiary/aromatic N) is 1. The summed E-state index contributed by atoms with van der Waals surface area (Å²) < 4.78 is 0. The first-order valence-electron chi connectivity index (χ1n) is 6.89. The van der Waals surface area contributed by atoms with E-state index in [0.29, 0.717) is 5.91 Å². The Balaban J connectivity index is 1.93. The molecule has 1 unspecified atom stereocenters. The highest BCUT2D eigenvalue weighted by Gasteiger charge is 2.41. The highest BCUT2D eigenvalue weighted by Crippen LogP contribution is 2.43. The Morgan fingerprint density at radius 1 is 1.29 bits per heavy atom. The molecule has 17 heavy (non-hydrogen) atoms. The summed E-state index contributed by atoms with van der Waals surface area (Å²) in [5.74, 6) is 1.49. The Bertz CT molecular complexity index is 282. The number of carbonyl (C=O) groups is 1. The number of hydrogen-bond donors (Lipinski definition) is 0. The third-order valence-corrected chi connectivity index (χ3v) is 5.62. The molecule has 0 N–H and O–H groups in total. The summed E-state index contributed by atoms with van der Waals surface area (Å²) in [5, 5.41) is 1.09. The quantitative estimate of drug-likeness (QED) is 0.716. The molecule has 2 nitrogen and oxygen atoms in total. The van der Waals surface area contributed by atoms with Crippen LogP contribution in [0.3, 0.4) is 0 Å². The van der Waals surface area contributed by atoms with Gasteiger partial charge in [0.2, 0.25) is 5.91 Å². The monoisotopic (exact) mass is 301 g/mol. The first kappa shape index (κ1) is 13.4. The SMILES string of the molecule is CC1(C)CCCC1C(=O)N1CCC(CBr)CC1. The van der Waals surface area contributed by atoms with E-state index in [1.807, 2.05) is 0 Å². The number of hydrogen-bond acceptors (Lipinski definition) is 1. The molecule has 1 aliphatic heterocycles. The van der Waals surface area contributed by atoms with Crippen LogP contribution in [0.4, 0.5) is 0 Å². The van der Waals surface area contributed by atoms with Crippen molar-refractivity contribution >= 4 is 21.8 Å². The van der Waals surface area contributed by atoms with Crippen molar-refractivity contribution in [3.8, 4) is 0 Å². The van der Waals surface area contributed by atoms with Crippen LogP contribution in [-0.4, -0.2) is 29.2 Å². The van der Waals surface area contributed by atoms with Gasteiger partial charge < -0.3 is 4.90 Å². The van der Waals surface area contributed by atoms with E-state index in [9.17, 15) is 4.79 Å². The molecule has 1 heterocycles. The highest BCUT2D eigenvalue weighted by atomic mass is 79.9. The zero-order chi connectivity index (χ0) is 12.5. The van der Waals surface area contributed by atoms with Crippen LogP contribution < -0.4 is 0 Å². The lowest BCUT2D eigenvalue weighted by atomic mass is 9.80. The number of piperidine rings is 1. The summed E-state index contributed by atoms with van der Waals surface area (Å²) in [6, 6.07) is 0. The van der Waals surface area contributed by atoms with Gasteiger partial charge >= 0.3 is 0 Å². The third-order valence-electron chi connectivity index (χ3n) is 4.70. The first-order valence-corrected chi connectivity index (χ1v) is 8.01. The van der Waals surface area contributed by atoms with E-state index < -0.39 is 0 Å². The van der Waals surface area contributed by atoms with E-state index in [1.165, 1.54) is 25.7 Å². The minimum atomic E-state index is 0.226. The molecule has 0 spiro atoms. The number of halogens is 1. The maximum atomic E-state index is 12.5. The largest absolute Gasteiger partial charge is 0.342 e. The lowest BCUT2D eigenvalue weighted by Gasteiger charge is -2.36. The Morgan fingerprint density at radius 3 is 2.41 bits per heavy atom. The maximum absolute atomic E-state index is 12.5. The summed E-state index contributed by atoms with van der Waals surface area (Å²) >= 11 is 3.55. The number of rotatable bonds is 2. The zero-order valence-corrected chi connectivity index (χ0v) is 12.6. The fourth-order valence-electron chi connectivity index (χ4n) is 3.31. The van der Waals surface area contributed by atoms with Crippen LogP contribution >= 0.6 is 15.9 Å². The lowest BCUT2D eigenvalue weighted by Crippen LogP contribution is -2.44. The van der Waals surface area contributed by atoms with E-state index in [-0.39, 0.29) is 11.3 Å². The van der Waals surface area contributed by atoms with Gasteiger partial charge in [-0.3, -0.25) is 4.79 Å². The molecule has 2 rings (SSSR count). The Hall–Kier alpha value is -0.0500. The van der Waals surface area contributed by atoms with Crippen molar-refractivity contribution in [3.63, 3.8) is 0 Å². The second-order valence-electron chi connectivity index (χ2n) is 6.36. The van der Waals surface area contributed by atoms with E-state index in [1.54, 1.807) is 0 Å². The number of amides is 1. The van der Waals surface area contributed by atoms with Gasteiger partial charge in [0.05, 0.1) is 0 Å². The van der Waals surface area contributed by atoms with Crippen LogP contribution in [0.1, 0.15) is 46.0 Å². The molecule has 0 radical (unpaired) electrons. The molecule has 0 aromatic heterocycles. The van der Waals surface area contributed by atoms with Gasteiger partial charge in [-0.2, -0.15) is 0 Å². The van der Waals surface area contributed by atoms with Gasteiger partial charge in [0, 0.05) is 24.3 Å². The molecule has 3 heteroatoms. The van der Waals surface area contributed by atoms with Crippen LogP contribution in [-0.2, 0) is 4.79 Å². The van der Waals surface area contributed by atoms with Gasteiger partial charge in [0.1, 0.15) is 0 Å². The standard InChI is InChI=1S/C14H24BrNO/c1-14(2)7-3-4-12(14)13(17)16-8-5-11(10-15)6-9-16/h11-12H,3-10H2,1-2H3. The summed E-state index contributed by atoms with van der Waals surface area (Å²) in [5.41, 5.74) is 0.226. The summed E-state index contributed by atoms with van der Waals surface area (Å²) in [4.78, 5) is 14.6. The zero-order valence-electron chi connectivity index (χ0n) is 11.0. The molecular weight excluding hydrogens is 278 g/mol. The Morgan fingerprint density at radius 2 is 1.94 bits per heavy atom. The molecule has 0 bridgehead atoms. The van der Waals surface area contributed by atoms with Crippen LogP contribution in [0.25, 0.3) is 0 Å². The normalized spacial score (nSPS) is 29.6. The maximum Gasteiger partial charge on any atom is 0.226 e. The fraction of sp³-hybridized carbons (Fsp3) is 0.929. The van der Waals surface area contributed by atoms with Crippen LogP contribution in [0.2, 0.25) is 0 Å². The molecule has 0 aromatic rings. The molecule has 98 valence electrons. The van der Waals surface area contributed by atoms with Crippen molar-refractivity contribution in [2.45, 2.75) is 46.0 Å². The van der Waals surface area contributed by atoms with Crippen LogP contribution in [0.15, 0.2) is 0 Å². The van der Waals surface area contributed by atoms with Gasteiger partial charge in [-0.15, -0.1) is 0 Å². The average molecular weight is 302 g/mol. The van der Waals surface area contributed by atoms with Gasteiger partial charge in [-0.05, 0) is 37.0 Å². The van der Waals surface area contributed by atoms with Crippen LogP contribution in [0.5, 0.6) is 0 Å². The molecule has 1 aliphatic carbocycles. The van der Waals surface area contributed by atoms with E-state index >= 15 is 0 Å². The number of likely N-dealkylation sites (tertiary alicyclic amines) is 1. The van der Waals surface area contributed by atoms with Gasteiger partial charge in [-0.1, -0.05) is 36.2 Å². The summed E-state index contributed by atoms with van der Waals surface area (Å²) in [6.07, 6.45) is 5.88. The third kappa shape index (κ3) is 2.86. The predicted molar refractivity (Wildman–Crippen MR) is 74.2 cm³/mol. The van der Waals surface area contributed by atoms with Crippen molar-refractivity contribution in [3.05, 3.63) is 0 Å². The molecule has 2 fully saturated rings. The average Bonchev–Trinajstić information content (AvgIpc) is 2.68. The summed E-state index contributed by atoms with van der Waals surface area (Å²) in [6.45, 7) is 6.46. The fourth-order valence-corrected chi connectivity index (χ4v) is 3.96. The van der Waals surface area contributed by atoms with Crippen molar-refractivity contribution in [2.75, 3.05) is 18.4 Å². The van der Waals surface area contributed by atoms with Crippen LogP contribution in [0, 0.1) is 17.3 Å². The minimum Gasteiger partial charge on any atom is -0.342 e. The van der Waals surface area contributed by atoms with Crippen molar-refractivity contribution in [1.29, 1.82) is 0 Å². The van der Waals surface area contributed by atoms with Gasteiger partial charge in [-0.25, -0.2) is 0 Å². The van der Waals surface area contributed by atoms with Gasteiger partial charge in [0.25, 0.3) is 0 Å². The second kappa shape index (κ2) is 5.29. The Labute approximate surface area is 113 Å². The molecular formula is C14H24BrNO. The topological polar surface area (TPSA) is 20.3 Å². The molecule has 1 amide bonds. The number of alkyl halides is 1. The van der Waals surface area contributed by atoms with Gasteiger partial charge in [0.15, 0.2) is 0 Å². The lowest BCUT2D eigenvalue weighted by molar-refractivity contribution is -0.139. The molecule has 1 saturated heterocycles. The van der Waals surface area contributed by atoms with E-state index in [0.717, 1.165) is 30.8 Å². The first-order chi connectivity index (χ1) is 8.04. The highest BCUT2D eigenvalue weighted by molar-refractivity contribution is 9.09. The van der Waals surface area contributed by atoms with E-state index in [2.05, 4.69) is 34.7 Å². The number of carbonyl (C=O) groups excluding carboxylic acids is 1. The van der Waals surface area contributed by atoms with E-state index in [4.69, 9.17) is 0 Å². The summed E-state index contributed by atoms with van der Waals surface area (Å²) in [7, 11) is 0. The second-order valence-corrected chi connectivity index (χ2v) is 7.00. The predicted octanol–water partition coefficient (Wildman–Crippen LogP) is 3.45. The van der Waals surface area contributed by atoms with Crippen molar-refractivity contribution < 1.29 is 4.79 Å². The molecule has 1 saturated carbocycles.